The van der Waals surface area contributed by atoms with Crippen LogP contribution in [0.4, 0.5) is 0 Å². The number of rotatable bonds is 9. The van der Waals surface area contributed by atoms with Crippen molar-refractivity contribution in [2.45, 2.75) is 69.5 Å². The van der Waals surface area contributed by atoms with Crippen molar-refractivity contribution in [3.8, 4) is 0 Å². The SMILES string of the molecule is Cc1ccc(SCCC(=O)N(Cc2ccccc2Cl)C(C)C(=O)NC2CCCC2)cc1. The Morgan fingerprint density at radius 3 is 2.48 bits per heavy atom. The molecule has 4 nitrogen and oxygen atoms in total. The van der Waals surface area contributed by atoms with Crippen LogP contribution in [0.1, 0.15) is 50.2 Å². The predicted octanol–water partition coefficient (Wildman–Crippen LogP) is 5.61. The summed E-state index contributed by atoms with van der Waals surface area (Å²) in [7, 11) is 0. The Balaban J connectivity index is 1.66. The number of amides is 2. The summed E-state index contributed by atoms with van der Waals surface area (Å²) in [4.78, 5) is 28.9. The lowest BCUT2D eigenvalue weighted by Gasteiger charge is -2.30. The highest BCUT2D eigenvalue weighted by Crippen LogP contribution is 2.23. The number of nitrogens with one attached hydrogen (secondary N) is 1. The van der Waals surface area contributed by atoms with Gasteiger partial charge in [-0.2, -0.15) is 0 Å². The first-order valence-electron chi connectivity index (χ1n) is 11.0. The lowest BCUT2D eigenvalue weighted by Crippen LogP contribution is -2.49. The third kappa shape index (κ3) is 7.01. The average molecular weight is 459 g/mol. The van der Waals surface area contributed by atoms with Gasteiger partial charge in [-0.05, 0) is 50.5 Å². The molecule has 0 aromatic heterocycles. The number of nitrogens with zero attached hydrogens (tertiary/aromatic N) is 1. The molecule has 0 aliphatic heterocycles. The van der Waals surface area contributed by atoms with E-state index in [2.05, 4.69) is 36.5 Å². The monoisotopic (exact) mass is 458 g/mol. The van der Waals surface area contributed by atoms with Crippen LogP contribution in [0, 0.1) is 6.92 Å². The van der Waals surface area contributed by atoms with Gasteiger partial charge < -0.3 is 10.2 Å². The minimum absolute atomic E-state index is 0.0337. The summed E-state index contributed by atoms with van der Waals surface area (Å²) in [5, 5.41) is 3.74. The van der Waals surface area contributed by atoms with Gasteiger partial charge in [-0.25, -0.2) is 0 Å². The van der Waals surface area contributed by atoms with Gasteiger partial charge in [0.25, 0.3) is 0 Å². The zero-order valence-electron chi connectivity index (χ0n) is 18.3. The molecular weight excluding hydrogens is 428 g/mol. The number of halogens is 1. The van der Waals surface area contributed by atoms with Crippen molar-refractivity contribution in [1.82, 2.24) is 10.2 Å². The molecule has 1 unspecified atom stereocenters. The fourth-order valence-electron chi connectivity index (χ4n) is 3.82. The second-order valence-corrected chi connectivity index (χ2v) is 9.77. The zero-order valence-corrected chi connectivity index (χ0v) is 19.8. The molecule has 1 saturated carbocycles. The van der Waals surface area contributed by atoms with Gasteiger partial charge in [0.2, 0.25) is 11.8 Å². The molecule has 166 valence electrons. The van der Waals surface area contributed by atoms with E-state index in [1.54, 1.807) is 16.7 Å². The number of hydrogen-bond acceptors (Lipinski definition) is 3. The third-order valence-corrected chi connectivity index (χ3v) is 7.16. The highest BCUT2D eigenvalue weighted by Gasteiger charge is 2.28. The minimum Gasteiger partial charge on any atom is -0.352 e. The molecule has 3 rings (SSSR count). The molecule has 0 radical (unpaired) electrons. The van der Waals surface area contributed by atoms with Crippen molar-refractivity contribution in [1.29, 1.82) is 0 Å². The van der Waals surface area contributed by atoms with Gasteiger partial charge in [0.15, 0.2) is 0 Å². The summed E-state index contributed by atoms with van der Waals surface area (Å²) >= 11 is 8.01. The Morgan fingerprint density at radius 2 is 1.81 bits per heavy atom. The van der Waals surface area contributed by atoms with Crippen molar-refractivity contribution in [2.24, 2.45) is 0 Å². The molecule has 0 spiro atoms. The summed E-state index contributed by atoms with van der Waals surface area (Å²) in [6, 6.07) is 15.5. The molecule has 6 heteroatoms. The topological polar surface area (TPSA) is 49.4 Å². The van der Waals surface area contributed by atoms with Gasteiger partial charge in [-0.15, -0.1) is 11.8 Å². The zero-order chi connectivity index (χ0) is 22.2. The smallest absolute Gasteiger partial charge is 0.242 e. The van der Waals surface area contributed by atoms with Gasteiger partial charge >= 0.3 is 0 Å². The number of hydrogen-bond donors (Lipinski definition) is 1. The van der Waals surface area contributed by atoms with Gasteiger partial charge in [0.05, 0.1) is 0 Å². The molecule has 2 aromatic rings. The Kier molecular flexibility index (Phi) is 8.85. The number of carbonyl (C=O) groups is 2. The summed E-state index contributed by atoms with van der Waals surface area (Å²) in [5.74, 6) is 0.546. The maximum Gasteiger partial charge on any atom is 0.242 e. The van der Waals surface area contributed by atoms with Crippen LogP contribution in [-0.2, 0) is 16.1 Å². The molecule has 1 fully saturated rings. The molecule has 1 aliphatic carbocycles. The molecule has 31 heavy (non-hydrogen) atoms. The summed E-state index contributed by atoms with van der Waals surface area (Å²) in [5.41, 5.74) is 2.07. The first kappa shape index (κ1) is 23.7. The van der Waals surface area contributed by atoms with Gasteiger partial charge in [0.1, 0.15) is 6.04 Å². The third-order valence-electron chi connectivity index (χ3n) is 5.77. The second-order valence-electron chi connectivity index (χ2n) is 8.19. The molecule has 0 saturated heterocycles. The standard InChI is InChI=1S/C25H31ClN2O2S/c1-18-11-13-22(14-12-18)31-16-15-24(29)28(17-20-7-3-6-10-23(20)26)19(2)25(30)27-21-8-4-5-9-21/h3,6-7,10-14,19,21H,4-5,8-9,15-17H2,1-2H3,(H,27,30). The van der Waals surface area contributed by atoms with Gasteiger partial charge in [0, 0.05) is 34.7 Å². The molecular formula is C25H31ClN2O2S. The molecule has 1 aliphatic rings. The Morgan fingerprint density at radius 1 is 1.13 bits per heavy atom. The van der Waals surface area contributed by atoms with Crippen LogP contribution in [0.5, 0.6) is 0 Å². The Bertz CT molecular complexity index is 881. The van der Waals surface area contributed by atoms with E-state index in [9.17, 15) is 9.59 Å². The molecule has 2 aromatic carbocycles. The highest BCUT2D eigenvalue weighted by atomic mass is 35.5. The largest absolute Gasteiger partial charge is 0.352 e. The lowest BCUT2D eigenvalue weighted by molar-refractivity contribution is -0.140. The van der Waals surface area contributed by atoms with Gasteiger partial charge in [-0.1, -0.05) is 60.3 Å². The van der Waals surface area contributed by atoms with Crippen LogP contribution in [0.3, 0.4) is 0 Å². The number of benzene rings is 2. The first-order valence-corrected chi connectivity index (χ1v) is 12.3. The van der Waals surface area contributed by atoms with Crippen molar-refractivity contribution in [2.75, 3.05) is 5.75 Å². The normalized spacial score (nSPS) is 14.9. The van der Waals surface area contributed by atoms with E-state index < -0.39 is 6.04 Å². The summed E-state index contributed by atoms with van der Waals surface area (Å²) < 4.78 is 0. The second kappa shape index (κ2) is 11.6. The molecule has 0 bridgehead atoms. The average Bonchev–Trinajstić information content (AvgIpc) is 3.27. The van der Waals surface area contributed by atoms with E-state index in [1.165, 1.54) is 5.56 Å². The quantitative estimate of drug-likeness (QED) is 0.497. The minimum atomic E-state index is -0.547. The Labute approximate surface area is 194 Å². The first-order chi connectivity index (χ1) is 14.9. The molecule has 2 amide bonds. The van der Waals surface area contributed by atoms with Crippen molar-refractivity contribution in [3.63, 3.8) is 0 Å². The van der Waals surface area contributed by atoms with Crippen LogP contribution in [0.2, 0.25) is 5.02 Å². The van der Waals surface area contributed by atoms with Crippen LogP contribution in [0.25, 0.3) is 0 Å². The Hall–Kier alpha value is -1.98. The predicted molar refractivity (Wildman–Crippen MR) is 128 cm³/mol. The van der Waals surface area contributed by atoms with Crippen LogP contribution < -0.4 is 5.32 Å². The van der Waals surface area contributed by atoms with Crippen molar-refractivity contribution in [3.05, 3.63) is 64.7 Å². The van der Waals surface area contributed by atoms with E-state index in [-0.39, 0.29) is 17.9 Å². The van der Waals surface area contributed by atoms with E-state index in [4.69, 9.17) is 11.6 Å². The van der Waals surface area contributed by atoms with Crippen LogP contribution in [0.15, 0.2) is 53.4 Å². The van der Waals surface area contributed by atoms with Crippen molar-refractivity contribution >= 4 is 35.2 Å². The maximum atomic E-state index is 13.2. The van der Waals surface area contributed by atoms with Crippen molar-refractivity contribution < 1.29 is 9.59 Å². The fourth-order valence-corrected chi connectivity index (χ4v) is 4.86. The number of thioether (sulfide) groups is 1. The van der Waals surface area contributed by atoms with E-state index in [0.717, 1.165) is 36.1 Å². The molecule has 0 heterocycles. The van der Waals surface area contributed by atoms with Gasteiger partial charge in [-0.3, -0.25) is 9.59 Å². The van der Waals surface area contributed by atoms with Crippen LogP contribution in [-0.4, -0.2) is 34.6 Å². The molecule has 1 atom stereocenters. The van der Waals surface area contributed by atoms with E-state index in [1.807, 2.05) is 31.2 Å². The van der Waals surface area contributed by atoms with E-state index >= 15 is 0 Å². The summed E-state index contributed by atoms with van der Waals surface area (Å²) in [6.07, 6.45) is 4.70. The summed E-state index contributed by atoms with van der Waals surface area (Å²) in [6.45, 7) is 4.20. The lowest BCUT2D eigenvalue weighted by atomic mass is 10.1. The van der Waals surface area contributed by atoms with Crippen LogP contribution >= 0.6 is 23.4 Å². The maximum absolute atomic E-state index is 13.2. The number of carbonyl (C=O) groups excluding carboxylic acids is 2. The number of aryl methyl sites for hydroxylation is 1. The fraction of sp³-hybridized carbons (Fsp3) is 0.440. The van der Waals surface area contributed by atoms with E-state index in [0.29, 0.717) is 23.7 Å². The highest BCUT2D eigenvalue weighted by molar-refractivity contribution is 7.99. The molecule has 1 N–H and O–H groups in total.